The highest BCUT2D eigenvalue weighted by atomic mass is 16.6. The number of nitrogens with zero attached hydrogens (tertiary/aromatic N) is 1. The summed E-state index contributed by atoms with van der Waals surface area (Å²) in [5.74, 6) is 0.988. The van der Waals surface area contributed by atoms with Gasteiger partial charge >= 0.3 is 6.09 Å². The highest BCUT2D eigenvalue weighted by Gasteiger charge is 2.26. The minimum absolute atomic E-state index is 0.359. The Morgan fingerprint density at radius 2 is 1.85 bits per heavy atom. The minimum atomic E-state index is -0.359. The Hall–Kier alpha value is -2.03. The van der Waals surface area contributed by atoms with Crippen LogP contribution in [0.5, 0.6) is 5.75 Å². The molecule has 1 aromatic carbocycles. The first-order valence-corrected chi connectivity index (χ1v) is 6.96. The summed E-state index contributed by atoms with van der Waals surface area (Å²) in [6.07, 6.45) is 2.58. The number of carbonyl (C=O) groups excluding carboxylic acids is 1. The van der Waals surface area contributed by atoms with Crippen molar-refractivity contribution < 1.29 is 9.53 Å². The number of para-hydroxylation sites is 1. The van der Waals surface area contributed by atoms with E-state index < -0.39 is 0 Å². The summed E-state index contributed by atoms with van der Waals surface area (Å²) < 4.78 is 5.40. The average molecular weight is 271 g/mol. The molecule has 3 heteroatoms. The molecular weight excluding hydrogens is 250 g/mol. The van der Waals surface area contributed by atoms with Crippen LogP contribution in [-0.4, -0.2) is 11.0 Å². The highest BCUT2D eigenvalue weighted by molar-refractivity contribution is 5.74. The Morgan fingerprint density at radius 3 is 2.45 bits per heavy atom. The van der Waals surface area contributed by atoms with Crippen LogP contribution in [0.1, 0.15) is 34.1 Å². The Labute approximate surface area is 120 Å². The lowest BCUT2D eigenvalue weighted by Gasteiger charge is -2.31. The number of amides is 1. The molecule has 3 nitrogen and oxygen atoms in total. The van der Waals surface area contributed by atoms with Gasteiger partial charge in [-0.15, -0.1) is 0 Å². The van der Waals surface area contributed by atoms with Crippen LogP contribution < -0.4 is 4.74 Å². The zero-order valence-electron chi connectivity index (χ0n) is 12.5. The lowest BCUT2D eigenvalue weighted by Crippen LogP contribution is -2.32. The van der Waals surface area contributed by atoms with Crippen molar-refractivity contribution in [3.8, 4) is 5.75 Å². The fourth-order valence-corrected chi connectivity index (χ4v) is 2.63. The number of hydrogen-bond acceptors (Lipinski definition) is 2. The van der Waals surface area contributed by atoms with Crippen LogP contribution in [0.4, 0.5) is 4.79 Å². The van der Waals surface area contributed by atoms with E-state index in [-0.39, 0.29) is 6.09 Å². The molecule has 20 heavy (non-hydrogen) atoms. The average Bonchev–Trinajstić information content (AvgIpc) is 2.44. The molecule has 0 N–H and O–H groups in total. The standard InChI is InChI=1S/C17H21NO2/c1-5-16-12(2)11-18(14(4)13(16)3)17(19)20-15-9-7-6-8-10-15/h6-11,16H,5H2,1-4H3. The van der Waals surface area contributed by atoms with Crippen molar-refractivity contribution in [2.75, 3.05) is 0 Å². The van der Waals surface area contributed by atoms with Gasteiger partial charge in [-0.3, -0.25) is 4.90 Å². The van der Waals surface area contributed by atoms with E-state index in [1.165, 1.54) is 11.1 Å². The quantitative estimate of drug-likeness (QED) is 0.778. The normalized spacial score (nSPS) is 18.9. The molecule has 1 unspecified atom stereocenters. The highest BCUT2D eigenvalue weighted by Crippen LogP contribution is 2.32. The molecule has 1 atom stereocenters. The van der Waals surface area contributed by atoms with Gasteiger partial charge in [0.15, 0.2) is 0 Å². The fourth-order valence-electron chi connectivity index (χ4n) is 2.63. The maximum atomic E-state index is 12.3. The first-order valence-electron chi connectivity index (χ1n) is 6.96. The second kappa shape index (κ2) is 5.95. The molecular formula is C17H21NO2. The van der Waals surface area contributed by atoms with Gasteiger partial charge in [0.05, 0.1) is 0 Å². The first kappa shape index (κ1) is 14.4. The summed E-state index contributed by atoms with van der Waals surface area (Å²) in [5, 5.41) is 0. The molecule has 0 saturated carbocycles. The van der Waals surface area contributed by atoms with Crippen LogP contribution in [0.25, 0.3) is 0 Å². The molecule has 1 aliphatic rings. The summed E-state index contributed by atoms with van der Waals surface area (Å²) in [7, 11) is 0. The number of allylic oxidation sites excluding steroid dienone is 3. The summed E-state index contributed by atoms with van der Waals surface area (Å²) in [5.41, 5.74) is 3.39. The summed E-state index contributed by atoms with van der Waals surface area (Å²) in [4.78, 5) is 13.9. The molecule has 2 rings (SSSR count). The molecule has 0 bridgehead atoms. The largest absolute Gasteiger partial charge is 0.423 e. The summed E-state index contributed by atoms with van der Waals surface area (Å²) in [6.45, 7) is 8.28. The van der Waals surface area contributed by atoms with Crippen LogP contribution in [0.2, 0.25) is 0 Å². The Bertz CT molecular complexity index is 558. The van der Waals surface area contributed by atoms with E-state index in [0.717, 1.165) is 12.1 Å². The van der Waals surface area contributed by atoms with Gasteiger partial charge in [0, 0.05) is 17.8 Å². The minimum Gasteiger partial charge on any atom is -0.410 e. The predicted molar refractivity (Wildman–Crippen MR) is 80.2 cm³/mol. The van der Waals surface area contributed by atoms with Crippen LogP contribution in [0.15, 0.2) is 53.4 Å². The molecule has 0 radical (unpaired) electrons. The van der Waals surface area contributed by atoms with Gasteiger partial charge < -0.3 is 4.74 Å². The van der Waals surface area contributed by atoms with Crippen LogP contribution >= 0.6 is 0 Å². The molecule has 0 fully saturated rings. The Morgan fingerprint density at radius 1 is 1.20 bits per heavy atom. The van der Waals surface area contributed by atoms with Gasteiger partial charge in [-0.05, 0) is 50.5 Å². The van der Waals surface area contributed by atoms with Crippen LogP contribution in [0.3, 0.4) is 0 Å². The van der Waals surface area contributed by atoms with E-state index in [2.05, 4.69) is 20.8 Å². The van der Waals surface area contributed by atoms with E-state index in [1.807, 2.05) is 31.3 Å². The van der Waals surface area contributed by atoms with Crippen molar-refractivity contribution >= 4 is 6.09 Å². The van der Waals surface area contributed by atoms with Crippen molar-refractivity contribution in [3.63, 3.8) is 0 Å². The van der Waals surface area contributed by atoms with E-state index >= 15 is 0 Å². The number of ether oxygens (including phenoxy) is 1. The van der Waals surface area contributed by atoms with Crippen molar-refractivity contribution in [3.05, 3.63) is 53.4 Å². The third kappa shape index (κ3) is 2.77. The molecule has 0 saturated heterocycles. The van der Waals surface area contributed by atoms with Crippen LogP contribution in [-0.2, 0) is 0 Å². The second-order valence-electron chi connectivity index (χ2n) is 5.15. The van der Waals surface area contributed by atoms with Crippen molar-refractivity contribution in [2.24, 2.45) is 5.92 Å². The molecule has 1 aromatic rings. The SMILES string of the molecule is CCC1C(C)=CN(C(=O)Oc2ccccc2)C(C)=C1C. The van der Waals surface area contributed by atoms with Gasteiger partial charge in [-0.1, -0.05) is 25.1 Å². The third-order valence-electron chi connectivity index (χ3n) is 3.89. The zero-order chi connectivity index (χ0) is 14.7. The molecule has 0 aromatic heterocycles. The van der Waals surface area contributed by atoms with Gasteiger partial charge in [0.1, 0.15) is 5.75 Å². The Kier molecular flexibility index (Phi) is 4.28. The third-order valence-corrected chi connectivity index (χ3v) is 3.89. The van der Waals surface area contributed by atoms with Crippen molar-refractivity contribution in [1.82, 2.24) is 4.90 Å². The lowest BCUT2D eigenvalue weighted by molar-refractivity contribution is 0.177. The zero-order valence-corrected chi connectivity index (χ0v) is 12.5. The van der Waals surface area contributed by atoms with E-state index in [0.29, 0.717) is 11.7 Å². The fraction of sp³-hybridized carbons (Fsp3) is 0.353. The predicted octanol–water partition coefficient (Wildman–Crippen LogP) is 4.72. The van der Waals surface area contributed by atoms with Crippen molar-refractivity contribution in [1.29, 1.82) is 0 Å². The van der Waals surface area contributed by atoms with E-state index in [1.54, 1.807) is 17.0 Å². The number of hydrogen-bond donors (Lipinski definition) is 0. The van der Waals surface area contributed by atoms with E-state index in [4.69, 9.17) is 4.74 Å². The van der Waals surface area contributed by atoms with Gasteiger partial charge in [0.2, 0.25) is 0 Å². The molecule has 1 aliphatic heterocycles. The second-order valence-corrected chi connectivity index (χ2v) is 5.15. The lowest BCUT2D eigenvalue weighted by atomic mass is 9.87. The summed E-state index contributed by atoms with van der Waals surface area (Å²) in [6, 6.07) is 9.14. The van der Waals surface area contributed by atoms with Gasteiger partial charge in [-0.2, -0.15) is 0 Å². The van der Waals surface area contributed by atoms with E-state index in [9.17, 15) is 4.79 Å². The number of carbonyl (C=O) groups is 1. The molecule has 0 aliphatic carbocycles. The monoisotopic (exact) mass is 271 g/mol. The maximum Gasteiger partial charge on any atom is 0.423 e. The maximum absolute atomic E-state index is 12.3. The van der Waals surface area contributed by atoms with Gasteiger partial charge in [0.25, 0.3) is 0 Å². The molecule has 1 heterocycles. The smallest absolute Gasteiger partial charge is 0.410 e. The van der Waals surface area contributed by atoms with Gasteiger partial charge in [-0.25, -0.2) is 4.79 Å². The number of benzene rings is 1. The molecule has 1 amide bonds. The summed E-state index contributed by atoms with van der Waals surface area (Å²) >= 11 is 0. The number of rotatable bonds is 2. The van der Waals surface area contributed by atoms with Crippen LogP contribution in [0, 0.1) is 5.92 Å². The van der Waals surface area contributed by atoms with Crippen molar-refractivity contribution in [2.45, 2.75) is 34.1 Å². The topological polar surface area (TPSA) is 29.5 Å². The molecule has 106 valence electrons. The Balaban J connectivity index is 2.20. The molecule has 0 spiro atoms. The first-order chi connectivity index (χ1) is 9.54.